The quantitative estimate of drug-likeness (QED) is 0.675. The van der Waals surface area contributed by atoms with Crippen LogP contribution in [0.1, 0.15) is 69.4 Å². The van der Waals surface area contributed by atoms with Crippen LogP contribution < -0.4 is 0 Å². The van der Waals surface area contributed by atoms with Crippen molar-refractivity contribution in [1.29, 1.82) is 0 Å². The fourth-order valence-corrected chi connectivity index (χ4v) is 8.47. The number of rotatable bonds is 3. The van der Waals surface area contributed by atoms with Crippen molar-refractivity contribution in [2.45, 2.75) is 68.2 Å². The maximum absolute atomic E-state index is 13.3. The van der Waals surface area contributed by atoms with Gasteiger partial charge in [-0.3, -0.25) is 9.78 Å². The lowest BCUT2D eigenvalue weighted by molar-refractivity contribution is -0.139. The van der Waals surface area contributed by atoms with Crippen LogP contribution in [0.25, 0.3) is 0 Å². The average molecular weight is 403 g/mol. The van der Waals surface area contributed by atoms with Gasteiger partial charge in [0.05, 0.1) is 6.04 Å². The van der Waals surface area contributed by atoms with Crippen molar-refractivity contribution in [3.8, 4) is 0 Å². The normalized spacial score (nSPS) is 42.1. The molecule has 5 aliphatic rings. The highest BCUT2D eigenvalue weighted by Crippen LogP contribution is 2.65. The van der Waals surface area contributed by atoms with E-state index in [1.807, 2.05) is 12.4 Å². The molecule has 1 amide bonds. The molecule has 3 atom stereocenters. The zero-order chi connectivity index (χ0) is 17.1. The van der Waals surface area contributed by atoms with Crippen LogP contribution in [0.3, 0.4) is 0 Å². The van der Waals surface area contributed by atoms with E-state index in [2.05, 4.69) is 37.9 Å². The third-order valence-electron chi connectivity index (χ3n) is 7.30. The highest BCUT2D eigenvalue weighted by atomic mass is 79.9. The predicted octanol–water partition coefficient (Wildman–Crippen LogP) is 4.87. The van der Waals surface area contributed by atoms with Crippen LogP contribution in [0.2, 0.25) is 0 Å². The molecule has 4 aliphatic carbocycles. The number of carbonyl (C=O) groups is 1. The van der Waals surface area contributed by atoms with Crippen molar-refractivity contribution in [2.24, 2.45) is 17.3 Å². The van der Waals surface area contributed by atoms with Gasteiger partial charge in [-0.25, -0.2) is 0 Å². The summed E-state index contributed by atoms with van der Waals surface area (Å²) >= 11 is 4.08. The van der Waals surface area contributed by atoms with E-state index in [1.165, 1.54) is 44.1 Å². The molecule has 3 unspecified atom stereocenters. The molecule has 0 radical (unpaired) electrons. The van der Waals surface area contributed by atoms with Crippen LogP contribution in [-0.4, -0.2) is 26.7 Å². The molecule has 134 valence electrons. The highest BCUT2D eigenvalue weighted by Gasteiger charge is 2.57. The number of hydrogen-bond donors (Lipinski definition) is 0. The summed E-state index contributed by atoms with van der Waals surface area (Å²) in [6.07, 6.45) is 14.6. The van der Waals surface area contributed by atoms with Gasteiger partial charge >= 0.3 is 0 Å². The maximum atomic E-state index is 13.3. The van der Waals surface area contributed by atoms with Gasteiger partial charge in [0, 0.05) is 29.7 Å². The molecule has 3 nitrogen and oxygen atoms in total. The van der Waals surface area contributed by atoms with E-state index < -0.39 is 0 Å². The summed E-state index contributed by atoms with van der Waals surface area (Å²) in [5, 5.41) is 0. The molecule has 0 N–H and O–H groups in total. The Labute approximate surface area is 158 Å². The van der Waals surface area contributed by atoms with E-state index in [4.69, 9.17) is 0 Å². The Bertz CT molecular complexity index is 662. The van der Waals surface area contributed by atoms with E-state index >= 15 is 0 Å². The summed E-state index contributed by atoms with van der Waals surface area (Å²) in [4.78, 5) is 19.6. The molecule has 25 heavy (non-hydrogen) atoms. The van der Waals surface area contributed by atoms with E-state index in [0.29, 0.717) is 10.2 Å². The Kier molecular flexibility index (Phi) is 3.78. The fraction of sp³-hybridized carbons (Fsp3) is 0.714. The van der Waals surface area contributed by atoms with E-state index in [1.54, 1.807) is 0 Å². The first-order chi connectivity index (χ1) is 12.0. The third kappa shape index (κ3) is 2.85. The molecule has 0 aromatic carbocycles. The molecule has 4 heteroatoms. The summed E-state index contributed by atoms with van der Waals surface area (Å²) in [6.45, 7) is 0.925. The lowest BCUT2D eigenvalue weighted by atomic mass is 9.48. The number of hydrogen-bond acceptors (Lipinski definition) is 2. The number of pyridine rings is 1. The van der Waals surface area contributed by atoms with Crippen LogP contribution in [0, 0.1) is 17.3 Å². The first-order valence-corrected chi connectivity index (χ1v) is 10.7. The summed E-state index contributed by atoms with van der Waals surface area (Å²) in [6, 6.07) is 4.42. The molecule has 0 spiro atoms. The number of halogens is 1. The zero-order valence-electron chi connectivity index (χ0n) is 14.8. The monoisotopic (exact) mass is 402 g/mol. The minimum absolute atomic E-state index is 0.266. The maximum Gasteiger partial charge on any atom is 0.223 e. The van der Waals surface area contributed by atoms with E-state index in [0.717, 1.165) is 37.6 Å². The summed E-state index contributed by atoms with van der Waals surface area (Å²) < 4.78 is 0.340. The van der Waals surface area contributed by atoms with E-state index in [9.17, 15) is 4.79 Å². The second-order valence-corrected chi connectivity index (χ2v) is 11.0. The molecule has 1 aromatic heterocycles. The minimum atomic E-state index is 0.266. The number of amides is 1. The molecule has 4 bridgehead atoms. The first-order valence-electron chi connectivity index (χ1n) is 9.93. The molecular weight excluding hydrogens is 376 g/mol. The number of aromatic nitrogens is 1. The standard InChI is InChI=1S/C21H27BrN2O/c22-21-11-15-8-16(12-21)10-20(9-15,14-21)13-19(25)24-7-1-2-18(24)17-3-5-23-6-4-17/h3-6,15-16,18H,1-2,7-14H2. The Balaban J connectivity index is 1.35. The number of likely N-dealkylation sites (tertiary alicyclic amines) is 1. The van der Waals surface area contributed by atoms with Crippen molar-refractivity contribution in [2.75, 3.05) is 6.54 Å². The highest BCUT2D eigenvalue weighted by molar-refractivity contribution is 9.10. The van der Waals surface area contributed by atoms with Gasteiger partial charge in [0.2, 0.25) is 5.91 Å². The summed E-state index contributed by atoms with van der Waals surface area (Å²) in [5.41, 5.74) is 1.53. The fourth-order valence-electron chi connectivity index (χ4n) is 6.96. The Morgan fingerprint density at radius 3 is 2.60 bits per heavy atom. The van der Waals surface area contributed by atoms with Crippen molar-refractivity contribution >= 4 is 21.8 Å². The van der Waals surface area contributed by atoms with Gasteiger partial charge in [0.15, 0.2) is 0 Å². The predicted molar refractivity (Wildman–Crippen MR) is 101 cm³/mol. The van der Waals surface area contributed by atoms with Crippen LogP contribution in [0.5, 0.6) is 0 Å². The van der Waals surface area contributed by atoms with Gasteiger partial charge < -0.3 is 4.90 Å². The van der Waals surface area contributed by atoms with Gasteiger partial charge in [-0.1, -0.05) is 15.9 Å². The van der Waals surface area contributed by atoms with Gasteiger partial charge in [-0.05, 0) is 86.3 Å². The summed E-state index contributed by atoms with van der Waals surface area (Å²) in [5.74, 6) is 2.10. The SMILES string of the molecule is O=C(CC12CC3CC(CC(Br)(C3)C1)C2)N1CCCC1c1ccncc1. The minimum Gasteiger partial charge on any atom is -0.336 e. The number of carbonyl (C=O) groups excluding carboxylic acids is 1. The van der Waals surface area contributed by atoms with E-state index in [-0.39, 0.29) is 11.5 Å². The van der Waals surface area contributed by atoms with Gasteiger partial charge in [0.1, 0.15) is 0 Å². The average Bonchev–Trinajstić information content (AvgIpc) is 3.02. The second kappa shape index (κ2) is 5.80. The van der Waals surface area contributed by atoms with Gasteiger partial charge in [0.25, 0.3) is 0 Å². The van der Waals surface area contributed by atoms with Crippen molar-refractivity contribution < 1.29 is 4.79 Å². The zero-order valence-corrected chi connectivity index (χ0v) is 16.4. The smallest absolute Gasteiger partial charge is 0.223 e. The number of nitrogens with zero attached hydrogens (tertiary/aromatic N) is 2. The molecular formula is C21H27BrN2O. The topological polar surface area (TPSA) is 33.2 Å². The first kappa shape index (κ1) is 16.3. The largest absolute Gasteiger partial charge is 0.336 e. The lowest BCUT2D eigenvalue weighted by Crippen LogP contribution is -2.54. The molecule has 1 saturated heterocycles. The van der Waals surface area contributed by atoms with Crippen LogP contribution in [0.15, 0.2) is 24.5 Å². The molecule has 1 aliphatic heterocycles. The van der Waals surface area contributed by atoms with Crippen LogP contribution in [-0.2, 0) is 4.79 Å². The Hall–Kier alpha value is -0.900. The molecule has 4 saturated carbocycles. The summed E-state index contributed by atoms with van der Waals surface area (Å²) in [7, 11) is 0. The van der Waals surface area contributed by atoms with Crippen LogP contribution >= 0.6 is 15.9 Å². The van der Waals surface area contributed by atoms with Crippen LogP contribution in [0.4, 0.5) is 0 Å². The van der Waals surface area contributed by atoms with Crippen molar-refractivity contribution in [1.82, 2.24) is 9.88 Å². The number of alkyl halides is 1. The molecule has 6 rings (SSSR count). The molecule has 1 aromatic rings. The third-order valence-corrected chi connectivity index (χ3v) is 8.23. The van der Waals surface area contributed by atoms with Crippen molar-refractivity contribution in [3.63, 3.8) is 0 Å². The molecule has 2 heterocycles. The molecule has 5 fully saturated rings. The van der Waals surface area contributed by atoms with Gasteiger partial charge in [-0.15, -0.1) is 0 Å². The van der Waals surface area contributed by atoms with Gasteiger partial charge in [-0.2, -0.15) is 0 Å². The Morgan fingerprint density at radius 1 is 1.20 bits per heavy atom. The Morgan fingerprint density at radius 2 is 1.92 bits per heavy atom. The lowest BCUT2D eigenvalue weighted by Gasteiger charge is -2.60. The second-order valence-electron chi connectivity index (χ2n) is 9.31. The van der Waals surface area contributed by atoms with Crippen molar-refractivity contribution in [3.05, 3.63) is 30.1 Å².